The Morgan fingerprint density at radius 2 is 1.70 bits per heavy atom. The minimum Gasteiger partial charge on any atom is -0.300 e. The number of hydrogen-bond acceptors (Lipinski definition) is 3. The van der Waals surface area contributed by atoms with Gasteiger partial charge in [0.1, 0.15) is 0 Å². The molecule has 20 heavy (non-hydrogen) atoms. The molecule has 0 radical (unpaired) electrons. The maximum atomic E-state index is 11.9. The molecule has 3 atom stereocenters. The fraction of sp³-hybridized carbons (Fsp3) is 0.875. The van der Waals surface area contributed by atoms with Crippen molar-refractivity contribution < 1.29 is 9.59 Å². The molecule has 2 amide bonds. The van der Waals surface area contributed by atoms with E-state index >= 15 is 0 Å². The number of amides is 2. The summed E-state index contributed by atoms with van der Waals surface area (Å²) in [7, 11) is 0. The molecular weight excluding hydrogens is 252 g/mol. The Morgan fingerprint density at radius 3 is 2.20 bits per heavy atom. The lowest BCUT2D eigenvalue weighted by atomic mass is 9.42. The summed E-state index contributed by atoms with van der Waals surface area (Å²) in [4.78, 5) is 23.3. The molecule has 2 N–H and O–H groups in total. The molecule has 110 valence electrons. The summed E-state index contributed by atoms with van der Waals surface area (Å²) in [6.45, 7) is 4.85. The molecule has 0 aromatic heterocycles. The van der Waals surface area contributed by atoms with E-state index < -0.39 is 0 Å². The molecular formula is C16H24N2O2. The van der Waals surface area contributed by atoms with Crippen molar-refractivity contribution in [3.8, 4) is 0 Å². The Balaban J connectivity index is 1.61. The zero-order chi connectivity index (χ0) is 14.2. The Labute approximate surface area is 120 Å². The summed E-state index contributed by atoms with van der Waals surface area (Å²) in [5, 5.41) is 6.05. The van der Waals surface area contributed by atoms with Crippen LogP contribution in [0.2, 0.25) is 0 Å². The highest BCUT2D eigenvalue weighted by atomic mass is 16.2. The van der Waals surface area contributed by atoms with Gasteiger partial charge in [-0.05, 0) is 55.3 Å². The van der Waals surface area contributed by atoms with Crippen molar-refractivity contribution in [3.63, 3.8) is 0 Å². The van der Waals surface area contributed by atoms with Crippen LogP contribution >= 0.6 is 0 Å². The van der Waals surface area contributed by atoms with E-state index in [9.17, 15) is 9.59 Å². The largest absolute Gasteiger partial charge is 0.300 e. The summed E-state index contributed by atoms with van der Waals surface area (Å²) in [6.07, 6.45) is 7.88. The smallest absolute Gasteiger partial charge is 0.244 e. The van der Waals surface area contributed by atoms with E-state index in [4.69, 9.17) is 0 Å². The molecule has 5 aliphatic rings. The monoisotopic (exact) mass is 276 g/mol. The van der Waals surface area contributed by atoms with E-state index in [2.05, 4.69) is 24.5 Å². The van der Waals surface area contributed by atoms with Crippen LogP contribution in [-0.2, 0) is 9.59 Å². The zero-order valence-corrected chi connectivity index (χ0v) is 12.4. The molecule has 4 bridgehead atoms. The molecule has 0 aromatic carbocycles. The highest BCUT2D eigenvalue weighted by Gasteiger charge is 2.60. The molecule has 0 spiro atoms. The van der Waals surface area contributed by atoms with Crippen molar-refractivity contribution in [1.82, 2.24) is 10.6 Å². The van der Waals surface area contributed by atoms with Gasteiger partial charge >= 0.3 is 0 Å². The van der Waals surface area contributed by atoms with Crippen molar-refractivity contribution in [2.45, 2.75) is 70.4 Å². The van der Waals surface area contributed by atoms with Gasteiger partial charge in [-0.2, -0.15) is 0 Å². The molecule has 5 rings (SSSR count). The molecule has 4 saturated carbocycles. The molecule has 4 nitrogen and oxygen atoms in total. The Bertz CT molecular complexity index is 483. The molecule has 3 unspecified atom stereocenters. The van der Waals surface area contributed by atoms with E-state index in [0.717, 1.165) is 5.92 Å². The van der Waals surface area contributed by atoms with E-state index in [1.807, 2.05) is 0 Å². The van der Waals surface area contributed by atoms with Crippen molar-refractivity contribution >= 4 is 11.8 Å². The third-order valence-electron chi connectivity index (χ3n) is 6.08. The molecule has 4 heteroatoms. The maximum absolute atomic E-state index is 11.9. The van der Waals surface area contributed by atoms with Crippen LogP contribution in [0.1, 0.15) is 58.8 Å². The molecule has 1 saturated heterocycles. The van der Waals surface area contributed by atoms with Gasteiger partial charge in [0.25, 0.3) is 0 Å². The topological polar surface area (TPSA) is 58.2 Å². The summed E-state index contributed by atoms with van der Waals surface area (Å²) in [5.74, 6) is 0.546. The predicted octanol–water partition coefficient (Wildman–Crippen LogP) is 1.74. The van der Waals surface area contributed by atoms with Crippen LogP contribution in [0.5, 0.6) is 0 Å². The lowest BCUT2D eigenvalue weighted by molar-refractivity contribution is -0.132. The van der Waals surface area contributed by atoms with Gasteiger partial charge < -0.3 is 0 Å². The van der Waals surface area contributed by atoms with Gasteiger partial charge in [-0.3, -0.25) is 20.2 Å². The second kappa shape index (κ2) is 3.65. The SMILES string of the molecule is CC12CC3CC(C)(C1)CC(NC1CC(=O)NC1=O)(C3)C2. The minimum absolute atomic E-state index is 0.0928. The number of carbonyl (C=O) groups is 2. The van der Waals surface area contributed by atoms with Crippen molar-refractivity contribution in [1.29, 1.82) is 0 Å². The second-order valence-electron chi connectivity index (χ2n) is 8.72. The molecule has 5 fully saturated rings. The first-order valence-electron chi connectivity index (χ1n) is 7.90. The van der Waals surface area contributed by atoms with Crippen LogP contribution in [-0.4, -0.2) is 23.4 Å². The summed E-state index contributed by atoms with van der Waals surface area (Å²) < 4.78 is 0. The van der Waals surface area contributed by atoms with E-state index in [0.29, 0.717) is 17.3 Å². The fourth-order valence-corrected chi connectivity index (χ4v) is 6.65. The van der Waals surface area contributed by atoms with Gasteiger partial charge in [-0.1, -0.05) is 13.8 Å². The summed E-state index contributed by atoms with van der Waals surface area (Å²) in [5.41, 5.74) is 0.954. The van der Waals surface area contributed by atoms with Crippen LogP contribution in [0.25, 0.3) is 0 Å². The van der Waals surface area contributed by atoms with Gasteiger partial charge in [0.05, 0.1) is 12.5 Å². The first kappa shape index (κ1) is 12.8. The van der Waals surface area contributed by atoms with Crippen LogP contribution in [0.4, 0.5) is 0 Å². The van der Waals surface area contributed by atoms with E-state index in [1.54, 1.807) is 0 Å². The van der Waals surface area contributed by atoms with Crippen molar-refractivity contribution in [2.24, 2.45) is 16.7 Å². The average Bonchev–Trinajstić information content (AvgIpc) is 2.50. The first-order valence-corrected chi connectivity index (χ1v) is 7.90. The van der Waals surface area contributed by atoms with E-state index in [-0.39, 0.29) is 23.4 Å². The summed E-state index contributed by atoms with van der Waals surface area (Å²) >= 11 is 0. The van der Waals surface area contributed by atoms with Gasteiger partial charge in [-0.25, -0.2) is 0 Å². The number of imide groups is 1. The minimum atomic E-state index is -0.300. The van der Waals surface area contributed by atoms with Crippen LogP contribution in [0, 0.1) is 16.7 Å². The lowest BCUT2D eigenvalue weighted by Crippen LogP contribution is -2.66. The standard InChI is InChI=1S/C16H24N2O2/c1-14-4-10-5-15(2,7-14)9-16(6-10,8-14)18-11-3-12(19)17-13(11)20/h10-11,18H,3-9H2,1-2H3,(H,17,19,20). The highest BCUT2D eigenvalue weighted by molar-refractivity contribution is 6.05. The Hall–Kier alpha value is -0.900. The molecule has 1 aliphatic heterocycles. The second-order valence-corrected chi connectivity index (χ2v) is 8.72. The van der Waals surface area contributed by atoms with Crippen molar-refractivity contribution in [2.75, 3.05) is 0 Å². The molecule has 1 heterocycles. The number of rotatable bonds is 2. The third-order valence-corrected chi connectivity index (χ3v) is 6.08. The van der Waals surface area contributed by atoms with E-state index in [1.165, 1.54) is 38.5 Å². The predicted molar refractivity (Wildman–Crippen MR) is 74.8 cm³/mol. The quantitative estimate of drug-likeness (QED) is 0.755. The first-order chi connectivity index (χ1) is 9.29. The molecule has 4 aliphatic carbocycles. The van der Waals surface area contributed by atoms with Gasteiger partial charge in [-0.15, -0.1) is 0 Å². The maximum Gasteiger partial charge on any atom is 0.244 e. The number of carbonyl (C=O) groups excluding carboxylic acids is 2. The lowest BCUT2D eigenvalue weighted by Gasteiger charge is -2.66. The van der Waals surface area contributed by atoms with Gasteiger partial charge in [0.15, 0.2) is 0 Å². The summed E-state index contributed by atoms with van der Waals surface area (Å²) in [6, 6.07) is -0.300. The average molecular weight is 276 g/mol. The van der Waals surface area contributed by atoms with Crippen LogP contribution in [0.3, 0.4) is 0 Å². The number of hydrogen-bond donors (Lipinski definition) is 2. The van der Waals surface area contributed by atoms with Gasteiger partial charge in [0, 0.05) is 5.54 Å². The fourth-order valence-electron chi connectivity index (χ4n) is 6.65. The normalized spacial score (nSPS) is 53.5. The van der Waals surface area contributed by atoms with Crippen molar-refractivity contribution in [3.05, 3.63) is 0 Å². The zero-order valence-electron chi connectivity index (χ0n) is 12.4. The molecule has 0 aromatic rings. The third kappa shape index (κ3) is 1.84. The highest BCUT2D eigenvalue weighted by Crippen LogP contribution is 2.66. The van der Waals surface area contributed by atoms with Gasteiger partial charge in [0.2, 0.25) is 11.8 Å². The Morgan fingerprint density at radius 1 is 1.05 bits per heavy atom. The number of nitrogens with one attached hydrogen (secondary N) is 2. The Kier molecular flexibility index (Phi) is 2.34. The van der Waals surface area contributed by atoms with Crippen LogP contribution in [0.15, 0.2) is 0 Å². The van der Waals surface area contributed by atoms with Crippen LogP contribution < -0.4 is 10.6 Å².